The van der Waals surface area contributed by atoms with E-state index >= 15 is 0 Å². The molecule has 0 unspecified atom stereocenters. The molecule has 0 spiro atoms. The third-order valence-corrected chi connectivity index (χ3v) is 5.80. The summed E-state index contributed by atoms with van der Waals surface area (Å²) in [5, 5.41) is 5.48. The number of methoxy groups -OCH3 is 1. The first-order valence-electron chi connectivity index (χ1n) is 8.86. The Morgan fingerprint density at radius 2 is 2.20 bits per heavy atom. The second-order valence-electron chi connectivity index (χ2n) is 6.64. The van der Waals surface area contributed by atoms with E-state index in [-0.39, 0.29) is 5.91 Å². The first-order chi connectivity index (χ1) is 12.1. The smallest absolute Gasteiger partial charge is 0.254 e. The van der Waals surface area contributed by atoms with Crippen LogP contribution in [0.5, 0.6) is 5.75 Å². The van der Waals surface area contributed by atoms with E-state index in [1.165, 1.54) is 11.3 Å². The maximum atomic E-state index is 12.8. The van der Waals surface area contributed by atoms with Crippen molar-refractivity contribution in [3.05, 3.63) is 45.6 Å². The molecule has 0 bridgehead atoms. The second-order valence-corrected chi connectivity index (χ2v) is 7.64. The van der Waals surface area contributed by atoms with E-state index in [0.717, 1.165) is 48.5 Å². The van der Waals surface area contributed by atoms with Gasteiger partial charge < -0.3 is 15.0 Å². The van der Waals surface area contributed by atoms with Crippen molar-refractivity contribution in [2.24, 2.45) is 0 Å². The third kappa shape index (κ3) is 3.98. The molecular formula is C20H26N2O2S. The fraction of sp³-hybridized carbons (Fsp3) is 0.450. The largest absolute Gasteiger partial charge is 0.496 e. The van der Waals surface area contributed by atoms with E-state index in [9.17, 15) is 4.79 Å². The standard InChI is InChI=1S/C20H26N2O2S/c1-14-12-16(20(23)22-10-5-4-6-15(22)2)7-8-17(14)21-13-19-18(24-3)9-11-25-19/h7-9,11-12,15,21H,4-6,10,13H2,1-3H3/t15-/m1/s1. The fourth-order valence-electron chi connectivity index (χ4n) is 3.38. The Kier molecular flexibility index (Phi) is 5.63. The van der Waals surface area contributed by atoms with E-state index in [0.29, 0.717) is 6.04 Å². The fourth-order valence-corrected chi connectivity index (χ4v) is 4.15. The van der Waals surface area contributed by atoms with Crippen molar-refractivity contribution in [3.8, 4) is 5.75 Å². The van der Waals surface area contributed by atoms with Gasteiger partial charge in [0.2, 0.25) is 0 Å². The summed E-state index contributed by atoms with van der Waals surface area (Å²) in [7, 11) is 1.69. The highest BCUT2D eigenvalue weighted by Gasteiger charge is 2.24. The van der Waals surface area contributed by atoms with Gasteiger partial charge in [-0.25, -0.2) is 0 Å². The average Bonchev–Trinajstić information content (AvgIpc) is 3.08. The lowest BCUT2D eigenvalue weighted by atomic mass is 10.0. The number of thiophene rings is 1. The highest BCUT2D eigenvalue weighted by molar-refractivity contribution is 7.10. The number of benzene rings is 1. The van der Waals surface area contributed by atoms with Crippen molar-refractivity contribution < 1.29 is 9.53 Å². The SMILES string of the molecule is COc1ccsc1CNc1ccc(C(=O)N2CCCC[C@H]2C)cc1C. The van der Waals surface area contributed by atoms with Crippen molar-refractivity contribution in [3.63, 3.8) is 0 Å². The van der Waals surface area contributed by atoms with Gasteiger partial charge in [0, 0.05) is 23.8 Å². The number of ether oxygens (including phenoxy) is 1. The highest BCUT2D eigenvalue weighted by Crippen LogP contribution is 2.27. The number of nitrogens with one attached hydrogen (secondary N) is 1. The summed E-state index contributed by atoms with van der Waals surface area (Å²) in [4.78, 5) is 16.0. The summed E-state index contributed by atoms with van der Waals surface area (Å²) in [5.74, 6) is 1.07. The summed E-state index contributed by atoms with van der Waals surface area (Å²) in [6.07, 6.45) is 3.43. The van der Waals surface area contributed by atoms with Crippen molar-refractivity contribution in [2.75, 3.05) is 19.0 Å². The van der Waals surface area contributed by atoms with Gasteiger partial charge in [0.1, 0.15) is 5.75 Å². The number of carbonyl (C=O) groups excluding carboxylic acids is 1. The number of piperidine rings is 1. The molecule has 2 aromatic rings. The van der Waals surface area contributed by atoms with E-state index in [1.807, 2.05) is 41.5 Å². The second kappa shape index (κ2) is 7.91. The van der Waals surface area contributed by atoms with Gasteiger partial charge >= 0.3 is 0 Å². The van der Waals surface area contributed by atoms with E-state index < -0.39 is 0 Å². The number of aryl methyl sites for hydroxylation is 1. The van der Waals surface area contributed by atoms with Crippen LogP contribution in [0.25, 0.3) is 0 Å². The van der Waals surface area contributed by atoms with Crippen LogP contribution < -0.4 is 10.1 Å². The number of carbonyl (C=O) groups is 1. The van der Waals surface area contributed by atoms with Crippen LogP contribution in [0.4, 0.5) is 5.69 Å². The van der Waals surface area contributed by atoms with Crippen molar-refractivity contribution in [2.45, 2.75) is 45.7 Å². The molecule has 25 heavy (non-hydrogen) atoms. The first kappa shape index (κ1) is 17.8. The summed E-state index contributed by atoms with van der Waals surface area (Å²) < 4.78 is 5.35. The molecule has 1 aromatic heterocycles. The van der Waals surface area contributed by atoms with Crippen LogP contribution in [0.1, 0.15) is 47.0 Å². The van der Waals surface area contributed by atoms with Crippen LogP contribution in [0, 0.1) is 6.92 Å². The molecule has 1 aromatic carbocycles. The lowest BCUT2D eigenvalue weighted by Gasteiger charge is -2.33. The van der Waals surface area contributed by atoms with Gasteiger partial charge in [0.25, 0.3) is 5.91 Å². The molecule has 1 fully saturated rings. The molecule has 0 radical (unpaired) electrons. The number of hydrogen-bond donors (Lipinski definition) is 1. The lowest BCUT2D eigenvalue weighted by molar-refractivity contribution is 0.0635. The van der Waals surface area contributed by atoms with Crippen molar-refractivity contribution >= 4 is 22.9 Å². The van der Waals surface area contributed by atoms with Crippen LogP contribution in [0.3, 0.4) is 0 Å². The van der Waals surface area contributed by atoms with Gasteiger partial charge in [-0.3, -0.25) is 4.79 Å². The number of nitrogens with zero attached hydrogens (tertiary/aromatic N) is 1. The Hall–Kier alpha value is -2.01. The number of likely N-dealkylation sites (tertiary alicyclic amines) is 1. The molecule has 0 aliphatic carbocycles. The van der Waals surface area contributed by atoms with Crippen LogP contribution >= 0.6 is 11.3 Å². The van der Waals surface area contributed by atoms with E-state index in [4.69, 9.17) is 4.74 Å². The maximum Gasteiger partial charge on any atom is 0.254 e. The number of amides is 1. The molecule has 1 saturated heterocycles. The Morgan fingerprint density at radius 1 is 1.36 bits per heavy atom. The molecule has 1 N–H and O–H groups in total. The topological polar surface area (TPSA) is 41.6 Å². The summed E-state index contributed by atoms with van der Waals surface area (Å²) in [5.41, 5.74) is 2.93. The quantitative estimate of drug-likeness (QED) is 0.843. The zero-order valence-electron chi connectivity index (χ0n) is 15.2. The predicted octanol–water partition coefficient (Wildman–Crippen LogP) is 4.69. The Balaban J connectivity index is 1.69. The van der Waals surface area contributed by atoms with E-state index in [2.05, 4.69) is 12.2 Å². The minimum Gasteiger partial charge on any atom is -0.496 e. The predicted molar refractivity (Wildman–Crippen MR) is 104 cm³/mol. The Labute approximate surface area is 153 Å². The summed E-state index contributed by atoms with van der Waals surface area (Å²) in [6, 6.07) is 8.26. The maximum absolute atomic E-state index is 12.8. The normalized spacial score (nSPS) is 17.4. The Morgan fingerprint density at radius 3 is 2.92 bits per heavy atom. The van der Waals surface area contributed by atoms with E-state index in [1.54, 1.807) is 18.4 Å². The molecule has 1 amide bonds. The molecule has 4 nitrogen and oxygen atoms in total. The third-order valence-electron chi connectivity index (χ3n) is 4.90. The van der Waals surface area contributed by atoms with Crippen LogP contribution in [-0.4, -0.2) is 30.5 Å². The molecular weight excluding hydrogens is 332 g/mol. The zero-order valence-corrected chi connectivity index (χ0v) is 16.0. The van der Waals surface area contributed by atoms with Gasteiger partial charge in [0.15, 0.2) is 0 Å². The van der Waals surface area contributed by atoms with Gasteiger partial charge in [-0.05, 0) is 68.3 Å². The minimum absolute atomic E-state index is 0.154. The van der Waals surface area contributed by atoms with Crippen LogP contribution in [-0.2, 0) is 6.54 Å². The monoisotopic (exact) mass is 358 g/mol. The number of rotatable bonds is 5. The molecule has 0 saturated carbocycles. The van der Waals surface area contributed by atoms with Gasteiger partial charge in [0.05, 0.1) is 18.5 Å². The first-order valence-corrected chi connectivity index (χ1v) is 9.74. The van der Waals surface area contributed by atoms with Gasteiger partial charge in [-0.15, -0.1) is 11.3 Å². The zero-order chi connectivity index (χ0) is 17.8. The highest BCUT2D eigenvalue weighted by atomic mass is 32.1. The van der Waals surface area contributed by atoms with Crippen molar-refractivity contribution in [1.29, 1.82) is 0 Å². The molecule has 134 valence electrons. The van der Waals surface area contributed by atoms with Crippen LogP contribution in [0.2, 0.25) is 0 Å². The average molecular weight is 359 g/mol. The molecule has 5 heteroatoms. The molecule has 3 rings (SSSR count). The number of anilines is 1. The van der Waals surface area contributed by atoms with Crippen LogP contribution in [0.15, 0.2) is 29.6 Å². The lowest BCUT2D eigenvalue weighted by Crippen LogP contribution is -2.42. The van der Waals surface area contributed by atoms with Gasteiger partial charge in [-0.2, -0.15) is 0 Å². The summed E-state index contributed by atoms with van der Waals surface area (Å²) >= 11 is 1.68. The number of hydrogen-bond acceptors (Lipinski definition) is 4. The van der Waals surface area contributed by atoms with Crippen molar-refractivity contribution in [1.82, 2.24) is 4.90 Å². The Bertz CT molecular complexity index is 741. The molecule has 1 aliphatic heterocycles. The molecule has 1 aliphatic rings. The minimum atomic E-state index is 0.154. The van der Waals surface area contributed by atoms with Gasteiger partial charge in [-0.1, -0.05) is 0 Å². The summed E-state index contributed by atoms with van der Waals surface area (Å²) in [6.45, 7) is 5.79. The molecule has 2 heterocycles. The molecule has 1 atom stereocenters.